The molecule has 7 nitrogen and oxygen atoms in total. The Kier molecular flexibility index (Phi) is 5.09. The van der Waals surface area contributed by atoms with E-state index >= 15 is 0 Å². The van der Waals surface area contributed by atoms with Gasteiger partial charge in [-0.2, -0.15) is 16.5 Å². The van der Waals surface area contributed by atoms with E-state index in [0.717, 1.165) is 6.07 Å². The van der Waals surface area contributed by atoms with E-state index < -0.39 is 31.1 Å². The highest BCUT2D eigenvalue weighted by molar-refractivity contribution is 7.99. The molecule has 0 unspecified atom stereocenters. The molecule has 0 saturated heterocycles. The molecule has 122 valence electrons. The van der Waals surface area contributed by atoms with E-state index in [-0.39, 0.29) is 15.6 Å². The van der Waals surface area contributed by atoms with Gasteiger partial charge in [0.15, 0.2) is 0 Å². The predicted molar refractivity (Wildman–Crippen MR) is 88.1 cm³/mol. The zero-order valence-electron chi connectivity index (χ0n) is 11.2. The van der Waals surface area contributed by atoms with Crippen LogP contribution in [0.1, 0.15) is 0 Å². The second-order valence-electron chi connectivity index (χ2n) is 4.47. The fourth-order valence-electron chi connectivity index (χ4n) is 1.90. The summed E-state index contributed by atoms with van der Waals surface area (Å²) in [7, 11) is -7.97. The molecular formula is C11H14ClN3O4S3. The lowest BCUT2D eigenvalue weighted by molar-refractivity contribution is 0.566. The van der Waals surface area contributed by atoms with Gasteiger partial charge in [0.2, 0.25) is 20.0 Å². The molecule has 0 amide bonds. The van der Waals surface area contributed by atoms with Gasteiger partial charge in [-0.15, -0.1) is 6.58 Å². The summed E-state index contributed by atoms with van der Waals surface area (Å²) in [6.45, 7) is 3.59. The SMILES string of the molecule is C=CCSC[C@H]1Nc2cc(Cl)c(S(N)(=O)=O)cc2S(=O)(=O)N1. The van der Waals surface area contributed by atoms with Gasteiger partial charge >= 0.3 is 0 Å². The van der Waals surface area contributed by atoms with Crippen LogP contribution in [-0.4, -0.2) is 34.5 Å². The van der Waals surface area contributed by atoms with Gasteiger partial charge in [-0.3, -0.25) is 0 Å². The van der Waals surface area contributed by atoms with Crippen LogP contribution >= 0.6 is 23.4 Å². The first-order valence-corrected chi connectivity index (χ1v) is 10.6. The number of nitrogens with one attached hydrogen (secondary N) is 2. The van der Waals surface area contributed by atoms with Crippen molar-refractivity contribution in [3.8, 4) is 0 Å². The molecule has 0 aromatic heterocycles. The summed E-state index contributed by atoms with van der Waals surface area (Å²) in [5.41, 5.74) is 0.236. The number of sulfonamides is 2. The summed E-state index contributed by atoms with van der Waals surface area (Å²) in [5.74, 6) is 1.15. The fraction of sp³-hybridized carbons (Fsp3) is 0.273. The Hall–Kier alpha value is -0.780. The van der Waals surface area contributed by atoms with E-state index in [1.807, 2.05) is 0 Å². The fourth-order valence-corrected chi connectivity index (χ4v) is 5.21. The number of benzene rings is 1. The number of nitrogens with two attached hydrogens (primary N) is 1. The van der Waals surface area contributed by atoms with Gasteiger partial charge in [0.1, 0.15) is 9.79 Å². The summed E-state index contributed by atoms with van der Waals surface area (Å²) < 4.78 is 49.8. The van der Waals surface area contributed by atoms with Gasteiger partial charge in [0.25, 0.3) is 0 Å². The number of hydrogen-bond donors (Lipinski definition) is 3. The Labute approximate surface area is 138 Å². The minimum absolute atomic E-state index is 0.136. The van der Waals surface area contributed by atoms with Crippen LogP contribution in [0.4, 0.5) is 5.69 Å². The van der Waals surface area contributed by atoms with E-state index in [4.69, 9.17) is 16.7 Å². The molecule has 0 bridgehead atoms. The number of anilines is 1. The van der Waals surface area contributed by atoms with Crippen molar-refractivity contribution >= 4 is 49.1 Å². The van der Waals surface area contributed by atoms with Gasteiger partial charge in [-0.05, 0) is 12.1 Å². The third kappa shape index (κ3) is 3.76. The number of thioether (sulfide) groups is 1. The van der Waals surface area contributed by atoms with Crippen LogP contribution in [-0.2, 0) is 20.0 Å². The third-order valence-electron chi connectivity index (χ3n) is 2.78. The molecule has 4 N–H and O–H groups in total. The van der Waals surface area contributed by atoms with Crippen molar-refractivity contribution in [2.75, 3.05) is 16.8 Å². The number of fused-ring (bicyclic) bond motifs is 1. The smallest absolute Gasteiger partial charge is 0.244 e. The second-order valence-corrected chi connectivity index (χ2v) is 9.16. The Morgan fingerprint density at radius 1 is 1.45 bits per heavy atom. The Balaban J connectivity index is 2.42. The van der Waals surface area contributed by atoms with Crippen LogP contribution in [0.15, 0.2) is 34.6 Å². The Morgan fingerprint density at radius 3 is 2.73 bits per heavy atom. The average molecular weight is 384 g/mol. The van der Waals surface area contributed by atoms with Crippen LogP contribution in [0.5, 0.6) is 0 Å². The van der Waals surface area contributed by atoms with Crippen LogP contribution < -0.4 is 15.2 Å². The summed E-state index contributed by atoms with van der Waals surface area (Å²) in [6, 6.07) is 2.20. The van der Waals surface area contributed by atoms with Gasteiger partial charge in [-0.25, -0.2) is 22.0 Å². The molecule has 1 aromatic carbocycles. The lowest BCUT2D eigenvalue weighted by Gasteiger charge is -2.28. The molecule has 0 radical (unpaired) electrons. The molecule has 11 heteroatoms. The Bertz CT molecular complexity index is 808. The van der Waals surface area contributed by atoms with Gasteiger partial charge in [0, 0.05) is 11.5 Å². The van der Waals surface area contributed by atoms with Gasteiger partial charge in [-0.1, -0.05) is 17.7 Å². The molecule has 0 aliphatic carbocycles. The van der Waals surface area contributed by atoms with Crippen molar-refractivity contribution < 1.29 is 16.8 Å². The molecule has 1 aliphatic rings. The molecule has 0 saturated carbocycles. The number of hydrogen-bond acceptors (Lipinski definition) is 6. The van der Waals surface area contributed by atoms with Crippen LogP contribution in [0.25, 0.3) is 0 Å². The van der Waals surface area contributed by atoms with Gasteiger partial charge < -0.3 is 5.32 Å². The van der Waals surface area contributed by atoms with Crippen LogP contribution in [0.3, 0.4) is 0 Å². The minimum atomic E-state index is -4.12. The minimum Gasteiger partial charge on any atom is -0.367 e. The summed E-state index contributed by atoms with van der Waals surface area (Å²) in [6.07, 6.45) is 1.18. The van der Waals surface area contributed by atoms with E-state index in [9.17, 15) is 16.8 Å². The largest absolute Gasteiger partial charge is 0.367 e. The van der Waals surface area contributed by atoms with E-state index in [2.05, 4.69) is 16.6 Å². The zero-order chi connectivity index (χ0) is 16.5. The lowest BCUT2D eigenvalue weighted by atomic mass is 10.3. The quantitative estimate of drug-likeness (QED) is 0.514. The first kappa shape index (κ1) is 17.6. The summed E-state index contributed by atoms with van der Waals surface area (Å²) in [5, 5.41) is 7.86. The molecule has 0 fully saturated rings. The van der Waals surface area contributed by atoms with Crippen molar-refractivity contribution in [3.63, 3.8) is 0 Å². The molecule has 2 rings (SSSR count). The Morgan fingerprint density at radius 2 is 2.14 bits per heavy atom. The van der Waals surface area contributed by atoms with Crippen molar-refractivity contribution in [2.24, 2.45) is 5.14 Å². The number of rotatable bonds is 5. The maximum atomic E-state index is 12.2. The maximum Gasteiger partial charge on any atom is 0.244 e. The molecular weight excluding hydrogens is 370 g/mol. The van der Waals surface area contributed by atoms with Crippen molar-refractivity contribution in [1.29, 1.82) is 0 Å². The first-order valence-electron chi connectivity index (χ1n) is 5.99. The number of halogens is 1. The first-order chi connectivity index (χ1) is 10.1. The zero-order valence-corrected chi connectivity index (χ0v) is 14.4. The predicted octanol–water partition coefficient (Wildman–Crippen LogP) is 0.937. The molecule has 22 heavy (non-hydrogen) atoms. The molecule has 1 heterocycles. The highest BCUT2D eigenvalue weighted by Crippen LogP contribution is 2.33. The number of primary sulfonamides is 1. The maximum absolute atomic E-state index is 12.2. The summed E-state index contributed by atoms with van der Waals surface area (Å²) >= 11 is 7.37. The van der Waals surface area contributed by atoms with E-state index in [1.54, 1.807) is 6.08 Å². The van der Waals surface area contributed by atoms with Crippen molar-refractivity contribution in [3.05, 3.63) is 29.8 Å². The topological polar surface area (TPSA) is 118 Å². The van der Waals surface area contributed by atoms with E-state index in [0.29, 0.717) is 11.5 Å². The third-order valence-corrected chi connectivity index (χ3v) is 6.71. The molecule has 1 atom stereocenters. The van der Waals surface area contributed by atoms with Crippen molar-refractivity contribution in [2.45, 2.75) is 16.0 Å². The normalized spacial score (nSPS) is 20.0. The van der Waals surface area contributed by atoms with Crippen LogP contribution in [0, 0.1) is 0 Å². The average Bonchev–Trinajstić information content (AvgIpc) is 2.35. The highest BCUT2D eigenvalue weighted by atomic mass is 35.5. The second kappa shape index (κ2) is 6.38. The molecule has 0 spiro atoms. The highest BCUT2D eigenvalue weighted by Gasteiger charge is 2.31. The molecule has 1 aliphatic heterocycles. The molecule has 1 aromatic rings. The van der Waals surface area contributed by atoms with E-state index in [1.165, 1.54) is 17.8 Å². The summed E-state index contributed by atoms with van der Waals surface area (Å²) in [4.78, 5) is -0.634. The van der Waals surface area contributed by atoms with Crippen molar-refractivity contribution in [1.82, 2.24) is 4.72 Å². The standard InChI is InChI=1S/C11H14ClN3O4S3/c1-2-3-20-6-11-14-8-4-7(12)9(21(13,16)17)5-10(8)22(18,19)15-11/h2,4-5,11,14-15H,1,3,6H2,(H2,13,16,17)/t11-/m0/s1. The lowest BCUT2D eigenvalue weighted by Crippen LogP contribution is -2.46. The van der Waals surface area contributed by atoms with Gasteiger partial charge in [0.05, 0.1) is 16.9 Å². The van der Waals surface area contributed by atoms with Crippen LogP contribution in [0.2, 0.25) is 5.02 Å². The monoisotopic (exact) mass is 383 g/mol.